The van der Waals surface area contributed by atoms with Gasteiger partial charge in [-0.05, 0) is 20.3 Å². The van der Waals surface area contributed by atoms with E-state index < -0.39 is 0 Å². The molecule has 17 heavy (non-hydrogen) atoms. The third kappa shape index (κ3) is 3.56. The summed E-state index contributed by atoms with van der Waals surface area (Å²) in [6.45, 7) is 6.23. The van der Waals surface area contributed by atoms with Gasteiger partial charge in [-0.2, -0.15) is 0 Å². The third-order valence-electron chi connectivity index (χ3n) is 2.69. The first-order valence-corrected chi connectivity index (χ1v) is 6.05. The monoisotopic (exact) mass is 238 g/mol. The molecule has 0 bridgehead atoms. The Morgan fingerprint density at radius 3 is 2.47 bits per heavy atom. The quantitative estimate of drug-likeness (QED) is 0.702. The molecule has 3 N–H and O–H groups in total. The summed E-state index contributed by atoms with van der Waals surface area (Å²) >= 11 is 0. The number of aryl methyl sites for hydroxylation is 1. The van der Waals surface area contributed by atoms with Crippen LogP contribution in [0.4, 0.5) is 11.6 Å². The Bertz CT molecular complexity index is 368. The highest BCUT2D eigenvalue weighted by Gasteiger charge is 2.11. The van der Waals surface area contributed by atoms with E-state index in [1.165, 1.54) is 0 Å². The molecule has 0 aliphatic heterocycles. The number of hydrogen-bond donors (Lipinski definition) is 3. The second-order valence-corrected chi connectivity index (χ2v) is 4.12. The van der Waals surface area contributed by atoms with Crippen molar-refractivity contribution in [1.82, 2.24) is 9.97 Å². The van der Waals surface area contributed by atoms with Crippen molar-refractivity contribution in [1.29, 1.82) is 0 Å². The van der Waals surface area contributed by atoms with Crippen LogP contribution < -0.4 is 10.6 Å². The maximum atomic E-state index is 8.90. The largest absolute Gasteiger partial charge is 0.396 e. The summed E-state index contributed by atoms with van der Waals surface area (Å²) in [7, 11) is 1.86. The van der Waals surface area contributed by atoms with Crippen LogP contribution in [0.15, 0.2) is 0 Å². The molecule has 0 fully saturated rings. The van der Waals surface area contributed by atoms with Crippen LogP contribution >= 0.6 is 0 Å². The summed E-state index contributed by atoms with van der Waals surface area (Å²) in [5.74, 6) is 2.52. The van der Waals surface area contributed by atoms with Gasteiger partial charge in [-0.15, -0.1) is 0 Å². The van der Waals surface area contributed by atoms with Gasteiger partial charge >= 0.3 is 0 Å². The van der Waals surface area contributed by atoms with Gasteiger partial charge in [-0.1, -0.05) is 6.92 Å². The number of hydrogen-bond acceptors (Lipinski definition) is 5. The second-order valence-electron chi connectivity index (χ2n) is 4.12. The summed E-state index contributed by atoms with van der Waals surface area (Å²) in [5.41, 5.74) is 1.01. The molecule has 0 saturated carbocycles. The van der Waals surface area contributed by atoms with Crippen molar-refractivity contribution < 1.29 is 5.11 Å². The molecule has 0 radical (unpaired) electrons. The predicted octanol–water partition coefficient (Wildman–Crippen LogP) is 1.57. The average Bonchev–Trinajstić information content (AvgIpc) is 2.32. The zero-order valence-corrected chi connectivity index (χ0v) is 11.0. The molecule has 1 aromatic rings. The van der Waals surface area contributed by atoms with Crippen molar-refractivity contribution in [2.75, 3.05) is 24.3 Å². The maximum absolute atomic E-state index is 8.90. The van der Waals surface area contributed by atoms with Gasteiger partial charge in [0.05, 0.1) is 0 Å². The van der Waals surface area contributed by atoms with Gasteiger partial charge in [-0.25, -0.2) is 9.97 Å². The average molecular weight is 238 g/mol. The number of aromatic nitrogens is 2. The molecule has 0 amide bonds. The number of aliphatic hydroxyl groups excluding tert-OH is 1. The van der Waals surface area contributed by atoms with Gasteiger partial charge in [-0.3, -0.25) is 0 Å². The Labute approximate surface area is 103 Å². The van der Waals surface area contributed by atoms with Crippen molar-refractivity contribution in [3.05, 3.63) is 11.4 Å². The second kappa shape index (κ2) is 6.39. The number of nitrogens with one attached hydrogen (secondary N) is 2. The predicted molar refractivity (Wildman–Crippen MR) is 70.5 cm³/mol. The first-order chi connectivity index (χ1) is 8.12. The molecule has 5 nitrogen and oxygen atoms in total. The zero-order valence-electron chi connectivity index (χ0n) is 11.0. The van der Waals surface area contributed by atoms with Crippen molar-refractivity contribution in [3.8, 4) is 0 Å². The molecule has 1 rings (SSSR count). The van der Waals surface area contributed by atoms with Crippen LogP contribution in [0.3, 0.4) is 0 Å². The van der Waals surface area contributed by atoms with E-state index in [2.05, 4.69) is 20.6 Å². The summed E-state index contributed by atoms with van der Waals surface area (Å²) in [6, 6.07) is 0.197. The normalized spacial score (nSPS) is 12.3. The molecule has 0 aliphatic rings. The van der Waals surface area contributed by atoms with Gasteiger partial charge in [0.2, 0.25) is 0 Å². The Kier molecular flexibility index (Phi) is 5.15. The van der Waals surface area contributed by atoms with Gasteiger partial charge < -0.3 is 15.7 Å². The summed E-state index contributed by atoms with van der Waals surface area (Å²) in [4.78, 5) is 8.89. The lowest BCUT2D eigenvalue weighted by molar-refractivity contribution is 0.282. The lowest BCUT2D eigenvalue weighted by atomic mass is 10.2. The minimum absolute atomic E-state index is 0.178. The lowest BCUT2D eigenvalue weighted by Crippen LogP contribution is -2.19. The SMILES string of the molecule is CCc1nc(NC)c(C)c(NC(C)CCO)n1. The fourth-order valence-corrected chi connectivity index (χ4v) is 1.60. The van der Waals surface area contributed by atoms with E-state index in [1.807, 2.05) is 27.8 Å². The number of aliphatic hydroxyl groups is 1. The minimum Gasteiger partial charge on any atom is -0.396 e. The smallest absolute Gasteiger partial charge is 0.134 e. The van der Waals surface area contributed by atoms with E-state index in [4.69, 9.17) is 5.11 Å². The molecule has 96 valence electrons. The number of anilines is 2. The maximum Gasteiger partial charge on any atom is 0.134 e. The first kappa shape index (κ1) is 13.7. The van der Waals surface area contributed by atoms with Crippen LogP contribution in [0.25, 0.3) is 0 Å². The van der Waals surface area contributed by atoms with Gasteiger partial charge in [0.15, 0.2) is 0 Å². The fraction of sp³-hybridized carbons (Fsp3) is 0.667. The molecule has 0 saturated heterocycles. The number of rotatable bonds is 6. The van der Waals surface area contributed by atoms with Crippen LogP contribution in [-0.2, 0) is 6.42 Å². The molecule has 1 atom stereocenters. The Morgan fingerprint density at radius 1 is 1.29 bits per heavy atom. The molecule has 0 spiro atoms. The minimum atomic E-state index is 0.178. The van der Waals surface area contributed by atoms with Crippen LogP contribution in [0.1, 0.15) is 31.7 Å². The molecule has 5 heteroatoms. The van der Waals surface area contributed by atoms with Crippen LogP contribution in [0.2, 0.25) is 0 Å². The molecular weight excluding hydrogens is 216 g/mol. The molecule has 1 unspecified atom stereocenters. The van der Waals surface area contributed by atoms with Crippen molar-refractivity contribution in [3.63, 3.8) is 0 Å². The summed E-state index contributed by atoms with van der Waals surface area (Å²) < 4.78 is 0. The van der Waals surface area contributed by atoms with Crippen LogP contribution in [-0.4, -0.2) is 34.8 Å². The molecular formula is C12H22N4O. The molecule has 0 aromatic carbocycles. The summed E-state index contributed by atoms with van der Waals surface area (Å²) in [5, 5.41) is 15.3. The molecule has 0 aliphatic carbocycles. The van der Waals surface area contributed by atoms with Crippen molar-refractivity contribution >= 4 is 11.6 Å². The van der Waals surface area contributed by atoms with E-state index in [-0.39, 0.29) is 12.6 Å². The summed E-state index contributed by atoms with van der Waals surface area (Å²) in [6.07, 6.45) is 1.51. The van der Waals surface area contributed by atoms with Crippen LogP contribution in [0.5, 0.6) is 0 Å². The highest BCUT2D eigenvalue weighted by atomic mass is 16.3. The number of nitrogens with zero attached hydrogens (tertiary/aromatic N) is 2. The van der Waals surface area contributed by atoms with E-state index >= 15 is 0 Å². The Balaban J connectivity index is 2.96. The molecule has 1 heterocycles. The molecule has 1 aromatic heterocycles. The lowest BCUT2D eigenvalue weighted by Gasteiger charge is -2.17. The van der Waals surface area contributed by atoms with Crippen molar-refractivity contribution in [2.24, 2.45) is 0 Å². The van der Waals surface area contributed by atoms with Gasteiger partial charge in [0, 0.05) is 31.7 Å². The standard InChI is InChI=1S/C12H22N4O/c1-5-10-15-11(13-4)9(3)12(16-10)14-8(2)6-7-17/h8,17H,5-7H2,1-4H3,(H2,13,14,15,16). The first-order valence-electron chi connectivity index (χ1n) is 6.05. The van der Waals surface area contributed by atoms with Crippen LogP contribution in [0, 0.1) is 6.92 Å². The zero-order chi connectivity index (χ0) is 12.8. The highest BCUT2D eigenvalue weighted by Crippen LogP contribution is 2.20. The van der Waals surface area contributed by atoms with E-state index in [0.29, 0.717) is 6.42 Å². The Hall–Kier alpha value is -1.36. The van der Waals surface area contributed by atoms with E-state index in [0.717, 1.165) is 29.4 Å². The fourth-order valence-electron chi connectivity index (χ4n) is 1.60. The van der Waals surface area contributed by atoms with E-state index in [1.54, 1.807) is 0 Å². The highest BCUT2D eigenvalue weighted by molar-refractivity contribution is 5.57. The Morgan fingerprint density at radius 2 is 1.94 bits per heavy atom. The topological polar surface area (TPSA) is 70.1 Å². The van der Waals surface area contributed by atoms with Gasteiger partial charge in [0.1, 0.15) is 17.5 Å². The third-order valence-corrected chi connectivity index (χ3v) is 2.69. The van der Waals surface area contributed by atoms with Crippen molar-refractivity contribution in [2.45, 2.75) is 39.7 Å². The van der Waals surface area contributed by atoms with Gasteiger partial charge in [0.25, 0.3) is 0 Å². The van der Waals surface area contributed by atoms with E-state index in [9.17, 15) is 0 Å².